The van der Waals surface area contributed by atoms with Crippen molar-refractivity contribution in [2.24, 2.45) is 0 Å². The summed E-state index contributed by atoms with van der Waals surface area (Å²) >= 11 is 0. The van der Waals surface area contributed by atoms with Gasteiger partial charge in [-0.05, 0) is 37.0 Å². The zero-order valence-corrected chi connectivity index (χ0v) is 11.7. The van der Waals surface area contributed by atoms with Gasteiger partial charge in [-0.15, -0.1) is 0 Å². The number of pyridine rings is 1. The Morgan fingerprint density at radius 1 is 1.38 bits per heavy atom. The summed E-state index contributed by atoms with van der Waals surface area (Å²) in [6.07, 6.45) is 8.43. The van der Waals surface area contributed by atoms with Gasteiger partial charge in [-0.3, -0.25) is 14.9 Å². The van der Waals surface area contributed by atoms with E-state index in [2.05, 4.69) is 20.5 Å². The maximum Gasteiger partial charge on any atom is 0.270 e. The topological polar surface area (TPSA) is 79.9 Å². The van der Waals surface area contributed by atoms with E-state index in [4.69, 9.17) is 4.74 Å². The number of amides is 1. The van der Waals surface area contributed by atoms with Crippen LogP contribution in [0.3, 0.4) is 0 Å². The fraction of sp³-hybridized carbons (Fsp3) is 0.400. The number of hydrogen-bond donors (Lipinski definition) is 2. The van der Waals surface area contributed by atoms with Crippen LogP contribution < -0.4 is 5.32 Å². The van der Waals surface area contributed by atoms with Crippen LogP contribution in [0.4, 0.5) is 0 Å². The van der Waals surface area contributed by atoms with Crippen LogP contribution in [0, 0.1) is 0 Å². The van der Waals surface area contributed by atoms with E-state index in [1.165, 1.54) is 0 Å². The average Bonchev–Trinajstić information content (AvgIpc) is 3.04. The van der Waals surface area contributed by atoms with Gasteiger partial charge in [0.2, 0.25) is 0 Å². The van der Waals surface area contributed by atoms with E-state index in [9.17, 15) is 4.79 Å². The highest BCUT2D eigenvalue weighted by atomic mass is 16.5. The molecule has 1 atom stereocenters. The Hall–Kier alpha value is -2.21. The largest absolute Gasteiger partial charge is 0.376 e. The van der Waals surface area contributed by atoms with Crippen LogP contribution in [0.25, 0.3) is 11.1 Å². The molecule has 21 heavy (non-hydrogen) atoms. The second-order valence-electron chi connectivity index (χ2n) is 5.09. The van der Waals surface area contributed by atoms with Crippen LogP contribution in [0.1, 0.15) is 29.8 Å². The van der Waals surface area contributed by atoms with Gasteiger partial charge in [-0.25, -0.2) is 0 Å². The Balaban J connectivity index is 1.66. The second kappa shape index (κ2) is 6.49. The number of H-pyrrole nitrogens is 1. The lowest BCUT2D eigenvalue weighted by Gasteiger charge is -2.22. The third-order valence-corrected chi connectivity index (χ3v) is 3.62. The van der Waals surface area contributed by atoms with Crippen LogP contribution in [0.15, 0.2) is 30.7 Å². The van der Waals surface area contributed by atoms with E-state index in [-0.39, 0.29) is 12.0 Å². The minimum atomic E-state index is -0.159. The summed E-state index contributed by atoms with van der Waals surface area (Å²) in [4.78, 5) is 16.3. The summed E-state index contributed by atoms with van der Waals surface area (Å²) in [7, 11) is 0. The first-order valence-corrected chi connectivity index (χ1v) is 7.18. The number of aromatic nitrogens is 3. The molecule has 0 aliphatic carbocycles. The Labute approximate surface area is 122 Å². The minimum Gasteiger partial charge on any atom is -0.376 e. The third-order valence-electron chi connectivity index (χ3n) is 3.62. The molecule has 0 radical (unpaired) electrons. The number of carbonyl (C=O) groups is 1. The summed E-state index contributed by atoms with van der Waals surface area (Å²) in [6.45, 7) is 1.32. The molecule has 1 aliphatic rings. The number of hydrogen-bond acceptors (Lipinski definition) is 4. The Morgan fingerprint density at radius 2 is 2.24 bits per heavy atom. The first kappa shape index (κ1) is 13.8. The molecule has 3 heterocycles. The molecule has 0 bridgehead atoms. The molecular formula is C15H18N4O2. The second-order valence-corrected chi connectivity index (χ2v) is 5.09. The number of ether oxygens (including phenoxy) is 1. The van der Waals surface area contributed by atoms with Gasteiger partial charge in [-0.2, -0.15) is 5.10 Å². The van der Waals surface area contributed by atoms with Gasteiger partial charge in [-0.1, -0.05) is 0 Å². The van der Waals surface area contributed by atoms with Crippen LogP contribution in [-0.2, 0) is 4.74 Å². The van der Waals surface area contributed by atoms with Crippen molar-refractivity contribution in [2.45, 2.75) is 25.4 Å². The molecule has 1 saturated heterocycles. The smallest absolute Gasteiger partial charge is 0.270 e. The Bertz CT molecular complexity index is 591. The summed E-state index contributed by atoms with van der Waals surface area (Å²) in [5.41, 5.74) is 2.16. The molecule has 1 unspecified atom stereocenters. The summed E-state index contributed by atoms with van der Waals surface area (Å²) in [5.74, 6) is -0.159. The minimum absolute atomic E-state index is 0.120. The Morgan fingerprint density at radius 3 is 3.00 bits per heavy atom. The molecule has 110 valence electrons. The molecule has 1 fully saturated rings. The number of carbonyl (C=O) groups excluding carboxylic acids is 1. The van der Waals surface area contributed by atoms with Gasteiger partial charge in [0.1, 0.15) is 5.69 Å². The van der Waals surface area contributed by atoms with Crippen LogP contribution in [-0.4, -0.2) is 40.3 Å². The lowest BCUT2D eigenvalue weighted by Crippen LogP contribution is -2.35. The molecule has 2 aromatic rings. The fourth-order valence-corrected chi connectivity index (χ4v) is 2.47. The highest BCUT2D eigenvalue weighted by Crippen LogP contribution is 2.21. The van der Waals surface area contributed by atoms with E-state index in [1.807, 2.05) is 12.1 Å². The Kier molecular flexibility index (Phi) is 4.25. The van der Waals surface area contributed by atoms with E-state index in [0.29, 0.717) is 12.2 Å². The molecule has 0 spiro atoms. The zero-order chi connectivity index (χ0) is 14.5. The molecule has 6 heteroatoms. The lowest BCUT2D eigenvalue weighted by molar-refractivity contribution is 0.0168. The lowest BCUT2D eigenvalue weighted by atomic mass is 10.1. The van der Waals surface area contributed by atoms with Crippen molar-refractivity contribution in [1.82, 2.24) is 20.5 Å². The molecular weight excluding hydrogens is 268 g/mol. The normalized spacial score (nSPS) is 18.4. The molecule has 0 aromatic carbocycles. The fourth-order valence-electron chi connectivity index (χ4n) is 2.47. The molecule has 1 amide bonds. The van der Waals surface area contributed by atoms with Crippen molar-refractivity contribution in [1.29, 1.82) is 0 Å². The van der Waals surface area contributed by atoms with Crippen LogP contribution in [0.2, 0.25) is 0 Å². The number of nitrogens with zero attached hydrogens (tertiary/aromatic N) is 2. The van der Waals surface area contributed by atoms with Crippen LogP contribution in [0.5, 0.6) is 0 Å². The standard InChI is InChI=1S/C15H18N4O2/c20-15(17-9-12-3-1-2-8-21-12)14-13(10-18-19-14)11-4-6-16-7-5-11/h4-7,10,12H,1-3,8-9H2,(H,17,20)(H,18,19). The van der Waals surface area contributed by atoms with Crippen LogP contribution >= 0.6 is 0 Å². The summed E-state index contributed by atoms with van der Waals surface area (Å²) in [5, 5.41) is 9.66. The van der Waals surface area contributed by atoms with Crippen molar-refractivity contribution in [3.8, 4) is 11.1 Å². The van der Waals surface area contributed by atoms with Gasteiger partial charge in [0, 0.05) is 31.1 Å². The number of rotatable bonds is 4. The maximum absolute atomic E-state index is 12.3. The quantitative estimate of drug-likeness (QED) is 0.897. The predicted molar refractivity (Wildman–Crippen MR) is 77.7 cm³/mol. The average molecular weight is 286 g/mol. The van der Waals surface area contributed by atoms with Crippen molar-refractivity contribution in [3.05, 3.63) is 36.4 Å². The highest BCUT2D eigenvalue weighted by molar-refractivity contribution is 5.98. The van der Waals surface area contributed by atoms with Gasteiger partial charge in [0.15, 0.2) is 0 Å². The monoisotopic (exact) mass is 286 g/mol. The molecule has 6 nitrogen and oxygen atoms in total. The summed E-state index contributed by atoms with van der Waals surface area (Å²) < 4.78 is 5.61. The first-order valence-electron chi connectivity index (χ1n) is 7.18. The van der Waals surface area contributed by atoms with E-state index < -0.39 is 0 Å². The molecule has 3 rings (SSSR count). The first-order chi connectivity index (χ1) is 10.3. The van der Waals surface area contributed by atoms with Crippen molar-refractivity contribution < 1.29 is 9.53 Å². The highest BCUT2D eigenvalue weighted by Gasteiger charge is 2.18. The maximum atomic E-state index is 12.3. The van der Waals surface area contributed by atoms with E-state index in [1.54, 1.807) is 18.6 Å². The number of aromatic amines is 1. The van der Waals surface area contributed by atoms with Gasteiger partial charge in [0.25, 0.3) is 5.91 Å². The van der Waals surface area contributed by atoms with E-state index in [0.717, 1.165) is 37.0 Å². The summed E-state index contributed by atoms with van der Waals surface area (Å²) in [6, 6.07) is 3.71. The SMILES string of the molecule is O=C(NCC1CCCCO1)c1[nH]ncc1-c1ccncc1. The van der Waals surface area contributed by atoms with Crippen molar-refractivity contribution in [3.63, 3.8) is 0 Å². The zero-order valence-electron chi connectivity index (χ0n) is 11.7. The molecule has 2 aromatic heterocycles. The number of nitrogens with one attached hydrogen (secondary N) is 2. The van der Waals surface area contributed by atoms with Gasteiger partial charge < -0.3 is 10.1 Å². The predicted octanol–water partition coefficient (Wildman–Crippen LogP) is 1.77. The third kappa shape index (κ3) is 3.28. The molecule has 1 aliphatic heterocycles. The van der Waals surface area contributed by atoms with Crippen molar-refractivity contribution >= 4 is 5.91 Å². The molecule has 0 saturated carbocycles. The van der Waals surface area contributed by atoms with Gasteiger partial charge in [0.05, 0.1) is 12.3 Å². The van der Waals surface area contributed by atoms with Gasteiger partial charge >= 0.3 is 0 Å². The van der Waals surface area contributed by atoms with Crippen molar-refractivity contribution in [2.75, 3.05) is 13.2 Å². The van der Waals surface area contributed by atoms with E-state index >= 15 is 0 Å². The molecule has 2 N–H and O–H groups in total.